The van der Waals surface area contributed by atoms with Crippen LogP contribution < -0.4 is 24.8 Å². The van der Waals surface area contributed by atoms with Crippen molar-refractivity contribution in [3.63, 3.8) is 0 Å². The van der Waals surface area contributed by atoms with Gasteiger partial charge in [-0.1, -0.05) is 18.2 Å². The van der Waals surface area contributed by atoms with E-state index in [0.29, 0.717) is 47.3 Å². The smallest absolute Gasteiger partial charge is 0.241 e. The largest absolute Gasteiger partial charge is 0.493 e. The molecule has 3 aromatic heterocycles. The number of aromatic nitrogens is 6. The van der Waals surface area contributed by atoms with Crippen LogP contribution in [0.25, 0.3) is 17.0 Å². The molecule has 0 unspecified atom stereocenters. The lowest BCUT2D eigenvalue weighted by Gasteiger charge is -2.15. The van der Waals surface area contributed by atoms with Crippen LogP contribution in [0.15, 0.2) is 67.1 Å². The summed E-state index contributed by atoms with van der Waals surface area (Å²) in [5, 5.41) is 6.60. The minimum absolute atomic E-state index is 0.344. The van der Waals surface area contributed by atoms with Crippen LogP contribution in [-0.2, 0) is 6.42 Å². The van der Waals surface area contributed by atoms with Crippen LogP contribution >= 0.6 is 0 Å². The Morgan fingerprint density at radius 1 is 0.838 bits per heavy atom. The molecule has 188 valence electrons. The van der Waals surface area contributed by atoms with Gasteiger partial charge in [0.2, 0.25) is 23.6 Å². The van der Waals surface area contributed by atoms with Gasteiger partial charge < -0.3 is 24.8 Å². The molecule has 0 aliphatic carbocycles. The molecule has 0 spiro atoms. The molecular formula is C26H26N8O3. The van der Waals surface area contributed by atoms with Crippen molar-refractivity contribution in [3.05, 3.63) is 72.8 Å². The van der Waals surface area contributed by atoms with E-state index in [-0.39, 0.29) is 0 Å². The SMILES string of the molecule is COc1cc(Nc2ncnc(-n3c(NCCc4ccccn4)nc4ccccc43)n2)cc(OC)c1OC. The molecule has 37 heavy (non-hydrogen) atoms. The van der Waals surface area contributed by atoms with Crippen LogP contribution in [0.1, 0.15) is 5.69 Å². The highest BCUT2D eigenvalue weighted by molar-refractivity contribution is 5.80. The maximum atomic E-state index is 5.45. The molecular weight excluding hydrogens is 472 g/mol. The van der Waals surface area contributed by atoms with Crippen LogP contribution in [0.4, 0.5) is 17.6 Å². The Balaban J connectivity index is 1.46. The van der Waals surface area contributed by atoms with E-state index in [0.717, 1.165) is 23.1 Å². The molecule has 2 N–H and O–H groups in total. The van der Waals surface area contributed by atoms with Gasteiger partial charge in [-0.25, -0.2) is 19.5 Å². The second-order valence-corrected chi connectivity index (χ2v) is 7.91. The maximum absolute atomic E-state index is 5.45. The summed E-state index contributed by atoms with van der Waals surface area (Å²) in [5.74, 6) is 2.91. The summed E-state index contributed by atoms with van der Waals surface area (Å²) in [6, 6.07) is 17.3. The van der Waals surface area contributed by atoms with E-state index in [1.165, 1.54) is 6.33 Å². The molecule has 11 heteroatoms. The third kappa shape index (κ3) is 5.06. The summed E-state index contributed by atoms with van der Waals surface area (Å²) in [6.07, 6.45) is 3.99. The molecule has 0 aliphatic rings. The topological polar surface area (TPSA) is 121 Å². The molecule has 0 amide bonds. The summed E-state index contributed by atoms with van der Waals surface area (Å²) >= 11 is 0. The fraction of sp³-hybridized carbons (Fsp3) is 0.192. The van der Waals surface area contributed by atoms with Crippen LogP contribution in [-0.4, -0.2) is 57.4 Å². The molecule has 0 aliphatic heterocycles. The molecule has 5 rings (SSSR count). The number of hydrogen-bond acceptors (Lipinski definition) is 10. The van der Waals surface area contributed by atoms with Gasteiger partial charge in [-0.05, 0) is 24.3 Å². The standard InChI is InChI=1S/C26H26N8O3/c1-35-21-14-18(15-22(36-2)23(21)37-3)31-24-29-16-30-26(33-24)34-20-10-5-4-9-19(20)32-25(34)28-13-11-17-8-6-7-12-27-17/h4-10,12,14-16H,11,13H2,1-3H3,(H,28,32)(H,29,30,31,33). The number of para-hydroxylation sites is 2. The van der Waals surface area contributed by atoms with Gasteiger partial charge in [-0.15, -0.1) is 0 Å². The second-order valence-electron chi connectivity index (χ2n) is 7.91. The zero-order chi connectivity index (χ0) is 25.6. The summed E-state index contributed by atoms with van der Waals surface area (Å²) in [6.45, 7) is 0.641. The van der Waals surface area contributed by atoms with Crippen LogP contribution in [0.5, 0.6) is 17.2 Å². The van der Waals surface area contributed by atoms with Gasteiger partial charge >= 0.3 is 0 Å². The highest BCUT2D eigenvalue weighted by Crippen LogP contribution is 2.40. The minimum Gasteiger partial charge on any atom is -0.493 e. The Morgan fingerprint density at radius 3 is 2.35 bits per heavy atom. The number of fused-ring (bicyclic) bond motifs is 1. The molecule has 5 aromatic rings. The van der Waals surface area contributed by atoms with Crippen molar-refractivity contribution in [1.82, 2.24) is 29.5 Å². The maximum Gasteiger partial charge on any atom is 0.241 e. The number of benzene rings is 2. The fourth-order valence-electron chi connectivity index (χ4n) is 3.93. The lowest BCUT2D eigenvalue weighted by molar-refractivity contribution is 0.324. The second kappa shape index (κ2) is 10.8. The first-order valence-electron chi connectivity index (χ1n) is 11.6. The summed E-state index contributed by atoms with van der Waals surface area (Å²) in [5.41, 5.74) is 3.35. The molecule has 0 bridgehead atoms. The van der Waals surface area contributed by atoms with Crippen LogP contribution in [0.2, 0.25) is 0 Å². The summed E-state index contributed by atoms with van der Waals surface area (Å²) in [7, 11) is 4.69. The molecule has 0 radical (unpaired) electrons. The quantitative estimate of drug-likeness (QED) is 0.292. The number of pyridine rings is 1. The average Bonchev–Trinajstić information content (AvgIpc) is 3.31. The normalized spacial score (nSPS) is 10.8. The molecule has 2 aromatic carbocycles. The fourth-order valence-corrected chi connectivity index (χ4v) is 3.93. The Morgan fingerprint density at radius 2 is 1.62 bits per heavy atom. The van der Waals surface area contributed by atoms with Crippen molar-refractivity contribution < 1.29 is 14.2 Å². The van der Waals surface area contributed by atoms with Crippen molar-refractivity contribution in [3.8, 4) is 23.2 Å². The first-order valence-corrected chi connectivity index (χ1v) is 11.6. The first-order chi connectivity index (χ1) is 18.2. The average molecular weight is 499 g/mol. The van der Waals surface area contributed by atoms with Gasteiger partial charge in [0, 0.05) is 42.7 Å². The number of anilines is 3. The van der Waals surface area contributed by atoms with Gasteiger partial charge in [-0.3, -0.25) is 4.98 Å². The van der Waals surface area contributed by atoms with E-state index in [2.05, 4.69) is 30.6 Å². The molecule has 0 atom stereocenters. The zero-order valence-electron chi connectivity index (χ0n) is 20.7. The number of methoxy groups -OCH3 is 3. The molecule has 0 fully saturated rings. The van der Waals surface area contributed by atoms with Crippen LogP contribution in [0, 0.1) is 0 Å². The van der Waals surface area contributed by atoms with Gasteiger partial charge in [-0.2, -0.15) is 4.98 Å². The lowest BCUT2D eigenvalue weighted by Crippen LogP contribution is -2.13. The predicted molar refractivity (Wildman–Crippen MR) is 140 cm³/mol. The number of imidazole rings is 1. The van der Waals surface area contributed by atoms with Gasteiger partial charge in [0.15, 0.2) is 11.5 Å². The third-order valence-corrected chi connectivity index (χ3v) is 5.63. The van der Waals surface area contributed by atoms with E-state index < -0.39 is 0 Å². The number of ether oxygens (including phenoxy) is 3. The molecule has 0 saturated carbocycles. The van der Waals surface area contributed by atoms with Gasteiger partial charge in [0.25, 0.3) is 0 Å². The zero-order valence-corrected chi connectivity index (χ0v) is 20.7. The van der Waals surface area contributed by atoms with Crippen LogP contribution in [0.3, 0.4) is 0 Å². The van der Waals surface area contributed by atoms with E-state index in [4.69, 9.17) is 19.2 Å². The Labute approximate surface area is 213 Å². The van der Waals surface area contributed by atoms with E-state index in [1.807, 2.05) is 47.0 Å². The third-order valence-electron chi connectivity index (χ3n) is 5.63. The summed E-state index contributed by atoms with van der Waals surface area (Å²) < 4.78 is 18.2. The van der Waals surface area contributed by atoms with Crippen molar-refractivity contribution in [2.24, 2.45) is 0 Å². The Hall–Kier alpha value is -4.93. The Kier molecular flexibility index (Phi) is 6.93. The number of rotatable bonds is 10. The Bertz CT molecular complexity index is 1480. The van der Waals surface area contributed by atoms with E-state index in [9.17, 15) is 0 Å². The van der Waals surface area contributed by atoms with E-state index in [1.54, 1.807) is 39.7 Å². The van der Waals surface area contributed by atoms with Crippen molar-refractivity contribution in [2.75, 3.05) is 38.5 Å². The number of nitrogens with zero attached hydrogens (tertiary/aromatic N) is 6. The van der Waals surface area contributed by atoms with Crippen molar-refractivity contribution >= 4 is 28.6 Å². The molecule has 0 saturated heterocycles. The lowest BCUT2D eigenvalue weighted by atomic mass is 10.2. The van der Waals surface area contributed by atoms with E-state index >= 15 is 0 Å². The minimum atomic E-state index is 0.344. The van der Waals surface area contributed by atoms with Gasteiger partial charge in [0.1, 0.15) is 6.33 Å². The highest BCUT2D eigenvalue weighted by atomic mass is 16.5. The number of nitrogens with one attached hydrogen (secondary N) is 2. The van der Waals surface area contributed by atoms with Gasteiger partial charge in [0.05, 0.1) is 32.4 Å². The first kappa shape index (κ1) is 23.8. The van der Waals surface area contributed by atoms with Crippen molar-refractivity contribution in [2.45, 2.75) is 6.42 Å². The summed E-state index contributed by atoms with van der Waals surface area (Å²) in [4.78, 5) is 22.5. The van der Waals surface area contributed by atoms with Crippen molar-refractivity contribution in [1.29, 1.82) is 0 Å². The predicted octanol–water partition coefficient (Wildman–Crippen LogP) is 4.03. The molecule has 11 nitrogen and oxygen atoms in total. The number of hydrogen-bond donors (Lipinski definition) is 2. The highest BCUT2D eigenvalue weighted by Gasteiger charge is 2.17. The molecule has 3 heterocycles. The monoisotopic (exact) mass is 498 g/mol.